The molecule has 0 unspecified atom stereocenters. The van der Waals surface area contributed by atoms with Crippen molar-refractivity contribution in [3.63, 3.8) is 0 Å². The number of hydrogen-bond donors (Lipinski definition) is 1. The molecule has 13 heavy (non-hydrogen) atoms. The Morgan fingerprint density at radius 1 is 1.38 bits per heavy atom. The Morgan fingerprint density at radius 2 is 2.15 bits per heavy atom. The van der Waals surface area contributed by atoms with Crippen molar-refractivity contribution in [3.05, 3.63) is 42.5 Å². The fourth-order valence-corrected chi connectivity index (χ4v) is 1.07. The van der Waals surface area contributed by atoms with E-state index in [-0.39, 0.29) is 0 Å². The average molecular weight is 177 g/mol. The second kappa shape index (κ2) is 5.38. The Bertz CT molecular complexity index is 271. The molecule has 1 rings (SSSR count). The summed E-state index contributed by atoms with van der Waals surface area (Å²) in [6.07, 6.45) is 2.70. The predicted octanol–water partition coefficient (Wildman–Crippen LogP) is 2.10. The first-order valence-electron chi connectivity index (χ1n) is 4.40. The second-order valence-corrected chi connectivity index (χ2v) is 2.74. The molecule has 0 radical (unpaired) electrons. The van der Waals surface area contributed by atoms with Gasteiger partial charge in [0.15, 0.2) is 0 Å². The van der Waals surface area contributed by atoms with Crippen molar-refractivity contribution in [2.75, 3.05) is 6.61 Å². The van der Waals surface area contributed by atoms with Gasteiger partial charge in [-0.15, -0.1) is 6.58 Å². The van der Waals surface area contributed by atoms with Gasteiger partial charge >= 0.3 is 0 Å². The molecule has 0 saturated heterocycles. The summed E-state index contributed by atoms with van der Waals surface area (Å²) in [5, 5.41) is 0. The Kier molecular flexibility index (Phi) is 4.06. The molecular formula is C11H15NO. The molecular weight excluding hydrogens is 162 g/mol. The lowest BCUT2D eigenvalue weighted by Gasteiger charge is -2.08. The van der Waals surface area contributed by atoms with Crippen LogP contribution >= 0.6 is 0 Å². The maximum atomic E-state index is 5.55. The van der Waals surface area contributed by atoms with E-state index < -0.39 is 0 Å². The number of ether oxygens (including phenoxy) is 1. The Morgan fingerprint density at radius 3 is 2.85 bits per heavy atom. The fourth-order valence-electron chi connectivity index (χ4n) is 1.07. The summed E-state index contributed by atoms with van der Waals surface area (Å²) in [7, 11) is 0. The van der Waals surface area contributed by atoms with Crippen molar-refractivity contribution >= 4 is 0 Å². The summed E-state index contributed by atoms with van der Waals surface area (Å²) >= 11 is 0. The highest BCUT2D eigenvalue weighted by atomic mass is 16.5. The van der Waals surface area contributed by atoms with Crippen LogP contribution in [0.1, 0.15) is 12.0 Å². The molecule has 1 aromatic rings. The van der Waals surface area contributed by atoms with Gasteiger partial charge in [0, 0.05) is 12.1 Å². The van der Waals surface area contributed by atoms with Crippen molar-refractivity contribution in [3.8, 4) is 5.75 Å². The number of benzene rings is 1. The van der Waals surface area contributed by atoms with Gasteiger partial charge < -0.3 is 10.5 Å². The first-order chi connectivity index (χ1) is 6.38. The minimum absolute atomic E-state index is 0.518. The van der Waals surface area contributed by atoms with Gasteiger partial charge in [0.2, 0.25) is 0 Å². The third-order valence-corrected chi connectivity index (χ3v) is 1.77. The van der Waals surface area contributed by atoms with Crippen LogP contribution in [0, 0.1) is 0 Å². The molecule has 2 N–H and O–H groups in total. The van der Waals surface area contributed by atoms with Crippen LogP contribution < -0.4 is 10.5 Å². The lowest BCUT2D eigenvalue weighted by Crippen LogP contribution is -2.02. The summed E-state index contributed by atoms with van der Waals surface area (Å²) in [5.41, 5.74) is 6.60. The van der Waals surface area contributed by atoms with E-state index in [1.54, 1.807) is 0 Å². The van der Waals surface area contributed by atoms with E-state index >= 15 is 0 Å². The first kappa shape index (κ1) is 9.81. The van der Waals surface area contributed by atoms with Crippen molar-refractivity contribution in [1.29, 1.82) is 0 Å². The second-order valence-electron chi connectivity index (χ2n) is 2.74. The molecule has 0 fully saturated rings. The molecule has 0 amide bonds. The average Bonchev–Trinajstić information content (AvgIpc) is 2.19. The van der Waals surface area contributed by atoms with Gasteiger partial charge in [-0.1, -0.05) is 24.3 Å². The smallest absolute Gasteiger partial charge is 0.123 e. The predicted molar refractivity (Wildman–Crippen MR) is 54.6 cm³/mol. The summed E-state index contributed by atoms with van der Waals surface area (Å²) < 4.78 is 5.52. The van der Waals surface area contributed by atoms with Gasteiger partial charge in [0.05, 0.1) is 6.61 Å². The molecule has 2 heteroatoms. The largest absolute Gasteiger partial charge is 0.493 e. The first-order valence-corrected chi connectivity index (χ1v) is 4.40. The molecule has 0 heterocycles. The van der Waals surface area contributed by atoms with E-state index in [0.29, 0.717) is 13.2 Å². The lowest BCUT2D eigenvalue weighted by molar-refractivity contribution is 0.321. The van der Waals surface area contributed by atoms with Crippen LogP contribution in [0.5, 0.6) is 5.75 Å². The summed E-state index contributed by atoms with van der Waals surface area (Å²) in [5.74, 6) is 0.881. The van der Waals surface area contributed by atoms with Crippen molar-refractivity contribution in [2.24, 2.45) is 5.73 Å². The molecule has 70 valence electrons. The van der Waals surface area contributed by atoms with E-state index in [1.165, 1.54) is 0 Å². The molecule has 0 atom stereocenters. The molecule has 0 spiro atoms. The zero-order valence-corrected chi connectivity index (χ0v) is 7.70. The molecule has 1 aromatic carbocycles. The van der Waals surface area contributed by atoms with E-state index in [1.807, 2.05) is 30.3 Å². The molecule has 0 bridgehead atoms. The molecule has 0 aromatic heterocycles. The fraction of sp³-hybridized carbons (Fsp3) is 0.273. The maximum Gasteiger partial charge on any atom is 0.123 e. The van der Waals surface area contributed by atoms with Crippen LogP contribution in [0.25, 0.3) is 0 Å². The van der Waals surface area contributed by atoms with Crippen LogP contribution in [0.2, 0.25) is 0 Å². The quantitative estimate of drug-likeness (QED) is 0.552. The Labute approximate surface area is 79.0 Å². The zero-order valence-electron chi connectivity index (χ0n) is 7.70. The van der Waals surface area contributed by atoms with Crippen molar-refractivity contribution in [2.45, 2.75) is 13.0 Å². The van der Waals surface area contributed by atoms with Crippen LogP contribution in [-0.4, -0.2) is 6.61 Å². The van der Waals surface area contributed by atoms with E-state index in [9.17, 15) is 0 Å². The molecule has 0 aliphatic rings. The minimum Gasteiger partial charge on any atom is -0.493 e. The van der Waals surface area contributed by atoms with Gasteiger partial charge in [0.25, 0.3) is 0 Å². The minimum atomic E-state index is 0.518. The number of hydrogen-bond acceptors (Lipinski definition) is 2. The molecule has 2 nitrogen and oxygen atoms in total. The third-order valence-electron chi connectivity index (χ3n) is 1.77. The van der Waals surface area contributed by atoms with E-state index in [4.69, 9.17) is 10.5 Å². The Hall–Kier alpha value is -1.28. The normalized spacial score (nSPS) is 9.62. The monoisotopic (exact) mass is 177 g/mol. The number of para-hydroxylation sites is 1. The van der Waals surface area contributed by atoms with Crippen LogP contribution in [0.4, 0.5) is 0 Å². The molecule has 0 aliphatic carbocycles. The van der Waals surface area contributed by atoms with Crippen molar-refractivity contribution in [1.82, 2.24) is 0 Å². The van der Waals surface area contributed by atoms with Gasteiger partial charge in [-0.3, -0.25) is 0 Å². The highest BCUT2D eigenvalue weighted by Gasteiger charge is 1.98. The molecule has 0 saturated carbocycles. The standard InChI is InChI=1S/C11H15NO/c1-2-3-8-13-11-7-5-4-6-10(11)9-12/h2,4-7H,1,3,8-9,12H2. The summed E-state index contributed by atoms with van der Waals surface area (Å²) in [6, 6.07) is 7.82. The van der Waals surface area contributed by atoms with Gasteiger partial charge in [-0.25, -0.2) is 0 Å². The van der Waals surface area contributed by atoms with Crippen molar-refractivity contribution < 1.29 is 4.74 Å². The highest BCUT2D eigenvalue weighted by molar-refractivity contribution is 5.32. The lowest BCUT2D eigenvalue weighted by atomic mass is 10.2. The van der Waals surface area contributed by atoms with Crippen LogP contribution in [-0.2, 0) is 6.54 Å². The van der Waals surface area contributed by atoms with Gasteiger partial charge in [-0.2, -0.15) is 0 Å². The zero-order chi connectivity index (χ0) is 9.52. The summed E-state index contributed by atoms with van der Waals surface area (Å²) in [6.45, 7) is 4.82. The van der Waals surface area contributed by atoms with E-state index in [0.717, 1.165) is 17.7 Å². The number of rotatable bonds is 5. The number of nitrogens with two attached hydrogens (primary N) is 1. The summed E-state index contributed by atoms with van der Waals surface area (Å²) in [4.78, 5) is 0. The third kappa shape index (κ3) is 2.92. The van der Waals surface area contributed by atoms with Gasteiger partial charge in [-0.05, 0) is 12.5 Å². The SMILES string of the molecule is C=CCCOc1ccccc1CN. The maximum absolute atomic E-state index is 5.55. The van der Waals surface area contributed by atoms with Gasteiger partial charge in [0.1, 0.15) is 5.75 Å². The Balaban J connectivity index is 2.58. The highest BCUT2D eigenvalue weighted by Crippen LogP contribution is 2.16. The van der Waals surface area contributed by atoms with Crippen LogP contribution in [0.15, 0.2) is 36.9 Å². The molecule has 0 aliphatic heterocycles. The van der Waals surface area contributed by atoms with E-state index in [2.05, 4.69) is 6.58 Å². The topological polar surface area (TPSA) is 35.2 Å². The van der Waals surface area contributed by atoms with Crippen LogP contribution in [0.3, 0.4) is 0 Å².